The summed E-state index contributed by atoms with van der Waals surface area (Å²) < 4.78 is 48.1. The summed E-state index contributed by atoms with van der Waals surface area (Å²) in [4.78, 5) is 39.7. The van der Waals surface area contributed by atoms with Crippen molar-refractivity contribution >= 4 is 28.8 Å². The second kappa shape index (κ2) is 9.96. The monoisotopic (exact) mass is 555 g/mol. The Labute approximate surface area is 227 Å². The average molecular weight is 556 g/mol. The zero-order valence-corrected chi connectivity index (χ0v) is 22.4. The van der Waals surface area contributed by atoms with E-state index in [1.807, 2.05) is 39.0 Å². The first-order valence-corrected chi connectivity index (χ1v) is 12.7. The van der Waals surface area contributed by atoms with Crippen LogP contribution in [0.2, 0.25) is 0 Å². The number of rotatable bonds is 4. The number of halogens is 3. The summed E-state index contributed by atoms with van der Waals surface area (Å²) >= 11 is 0. The number of anilines is 2. The van der Waals surface area contributed by atoms with Crippen LogP contribution >= 0.6 is 0 Å². The lowest BCUT2D eigenvalue weighted by molar-refractivity contribution is -0.141. The molecule has 1 aliphatic heterocycles. The topological polar surface area (TPSA) is 107 Å². The highest BCUT2D eigenvalue weighted by molar-refractivity contribution is 5.77. The lowest BCUT2D eigenvalue weighted by Crippen LogP contribution is -2.39. The van der Waals surface area contributed by atoms with Gasteiger partial charge in [-0.1, -0.05) is 12.1 Å². The predicted octanol–water partition coefficient (Wildman–Crippen LogP) is 5.05. The maximum Gasteiger partial charge on any atom is 0.433 e. The number of fused-ring (bicyclic) bond motifs is 2. The van der Waals surface area contributed by atoms with Crippen LogP contribution in [0.5, 0.6) is 0 Å². The zero-order valence-electron chi connectivity index (χ0n) is 22.4. The molecule has 13 heteroatoms. The van der Waals surface area contributed by atoms with Gasteiger partial charge in [0.25, 0.3) is 5.56 Å². The second-order valence-electron chi connectivity index (χ2n) is 10.4. The first-order valence-electron chi connectivity index (χ1n) is 12.7. The molecule has 0 atom stereocenters. The third-order valence-electron chi connectivity index (χ3n) is 6.34. The van der Waals surface area contributed by atoms with Crippen LogP contribution in [-0.4, -0.2) is 47.5 Å². The summed E-state index contributed by atoms with van der Waals surface area (Å²) in [5.41, 5.74) is 0.674. The van der Waals surface area contributed by atoms with Crippen molar-refractivity contribution in [2.75, 3.05) is 11.9 Å². The van der Waals surface area contributed by atoms with Crippen molar-refractivity contribution in [3.63, 3.8) is 0 Å². The van der Waals surface area contributed by atoms with Crippen molar-refractivity contribution in [3.05, 3.63) is 69.8 Å². The smallest absolute Gasteiger partial charge is 0.433 e. The van der Waals surface area contributed by atoms with E-state index in [0.29, 0.717) is 25.2 Å². The highest BCUT2D eigenvalue weighted by atomic mass is 19.4. The van der Waals surface area contributed by atoms with Gasteiger partial charge >= 0.3 is 12.3 Å². The second-order valence-corrected chi connectivity index (χ2v) is 10.4. The van der Waals surface area contributed by atoms with Gasteiger partial charge < -0.3 is 15.0 Å². The minimum absolute atomic E-state index is 0.0931. The van der Waals surface area contributed by atoms with E-state index < -0.39 is 23.0 Å². The number of pyridine rings is 1. The SMILES string of the molecule is CCn1c(=O)c2cnc(Nc3ccc4c(c3)CN(C(=O)OC(C)(C)C)CC4)nc2n1-c1cccc(C(F)(F)F)n1. The van der Waals surface area contributed by atoms with E-state index in [1.54, 1.807) is 11.8 Å². The van der Waals surface area contributed by atoms with Gasteiger partial charge in [0.2, 0.25) is 5.95 Å². The number of nitrogens with zero attached hydrogens (tertiary/aromatic N) is 6. The Balaban J connectivity index is 1.48. The molecule has 3 aromatic heterocycles. The highest BCUT2D eigenvalue weighted by Crippen LogP contribution is 2.29. The number of amides is 1. The summed E-state index contributed by atoms with van der Waals surface area (Å²) in [6.45, 7) is 8.25. The first-order chi connectivity index (χ1) is 18.8. The molecule has 4 aromatic rings. The molecule has 1 aromatic carbocycles. The Bertz CT molecular complexity index is 1650. The fourth-order valence-corrected chi connectivity index (χ4v) is 4.55. The van der Waals surface area contributed by atoms with Gasteiger partial charge in [-0.05, 0) is 69.5 Å². The number of carbonyl (C=O) groups is 1. The summed E-state index contributed by atoms with van der Waals surface area (Å²) in [5.74, 6) is 0.0469. The van der Waals surface area contributed by atoms with Crippen molar-refractivity contribution in [2.45, 2.75) is 59.0 Å². The van der Waals surface area contributed by atoms with Crippen molar-refractivity contribution in [2.24, 2.45) is 0 Å². The molecule has 10 nitrogen and oxygen atoms in total. The number of ether oxygens (including phenoxy) is 1. The van der Waals surface area contributed by atoms with E-state index in [9.17, 15) is 22.8 Å². The van der Waals surface area contributed by atoms with E-state index >= 15 is 0 Å². The molecule has 40 heavy (non-hydrogen) atoms. The minimum Gasteiger partial charge on any atom is -0.444 e. The zero-order chi connectivity index (χ0) is 28.8. The summed E-state index contributed by atoms with van der Waals surface area (Å²) in [5, 5.41) is 3.25. The molecule has 0 saturated carbocycles. The highest BCUT2D eigenvalue weighted by Gasteiger charge is 2.33. The molecule has 0 fully saturated rings. The van der Waals surface area contributed by atoms with Crippen LogP contribution in [0.3, 0.4) is 0 Å². The first kappa shape index (κ1) is 27.2. The maximum atomic E-state index is 13.3. The van der Waals surface area contributed by atoms with Gasteiger partial charge in [0, 0.05) is 31.5 Å². The third kappa shape index (κ3) is 5.36. The van der Waals surface area contributed by atoms with Gasteiger partial charge in [0.05, 0.1) is 0 Å². The molecular weight excluding hydrogens is 527 g/mol. The van der Waals surface area contributed by atoms with Crippen molar-refractivity contribution in [3.8, 4) is 5.82 Å². The van der Waals surface area contributed by atoms with Gasteiger partial charge in [-0.3, -0.25) is 4.79 Å². The lowest BCUT2D eigenvalue weighted by atomic mass is 9.99. The minimum atomic E-state index is -4.65. The largest absolute Gasteiger partial charge is 0.444 e. The Morgan fingerprint density at radius 3 is 2.58 bits per heavy atom. The fraction of sp³-hybridized carbons (Fsp3) is 0.370. The molecule has 1 aliphatic rings. The molecule has 0 bridgehead atoms. The van der Waals surface area contributed by atoms with E-state index in [0.717, 1.165) is 17.2 Å². The van der Waals surface area contributed by atoms with Crippen molar-refractivity contribution in [1.82, 2.24) is 29.2 Å². The predicted molar refractivity (Wildman–Crippen MR) is 142 cm³/mol. The van der Waals surface area contributed by atoms with Gasteiger partial charge in [-0.15, -0.1) is 0 Å². The number of benzene rings is 1. The fourth-order valence-electron chi connectivity index (χ4n) is 4.55. The normalized spacial score (nSPS) is 13.8. The van der Waals surface area contributed by atoms with E-state index in [4.69, 9.17) is 4.74 Å². The Kier molecular flexibility index (Phi) is 6.76. The van der Waals surface area contributed by atoms with E-state index in [-0.39, 0.29) is 35.4 Å². The average Bonchev–Trinajstić information content (AvgIpc) is 3.17. The standard InChI is InChI=1S/C27H28F3N7O3/c1-5-36-23(38)19-14-31-24(34-22(19)37(36)21-8-6-7-20(33-21)27(28,29)30)32-18-10-9-16-11-12-35(15-17(16)13-18)25(39)40-26(2,3)4/h6-10,13-14H,5,11-12,15H2,1-4H3,(H,31,32,34). The molecule has 0 aliphatic carbocycles. The molecule has 5 rings (SSSR count). The Morgan fingerprint density at radius 1 is 1.10 bits per heavy atom. The van der Waals surface area contributed by atoms with Gasteiger partial charge in [-0.2, -0.15) is 18.2 Å². The van der Waals surface area contributed by atoms with Crippen LogP contribution < -0.4 is 10.9 Å². The summed E-state index contributed by atoms with van der Waals surface area (Å²) in [6.07, 6.45) is -3.01. The number of alkyl halides is 3. The van der Waals surface area contributed by atoms with Gasteiger partial charge in [0.1, 0.15) is 16.7 Å². The summed E-state index contributed by atoms with van der Waals surface area (Å²) in [7, 11) is 0. The number of nitrogens with one attached hydrogen (secondary N) is 1. The molecule has 1 N–H and O–H groups in total. The number of hydrogen-bond donors (Lipinski definition) is 1. The summed E-state index contributed by atoms with van der Waals surface area (Å²) in [6, 6.07) is 9.18. The number of aromatic nitrogens is 5. The van der Waals surface area contributed by atoms with E-state index in [2.05, 4.69) is 20.3 Å². The molecule has 4 heterocycles. The molecule has 0 spiro atoms. The maximum absolute atomic E-state index is 13.3. The van der Waals surface area contributed by atoms with Crippen LogP contribution in [-0.2, 0) is 30.4 Å². The Hall–Kier alpha value is -4.42. The van der Waals surface area contributed by atoms with Crippen molar-refractivity contribution < 1.29 is 22.7 Å². The Morgan fingerprint density at radius 2 is 1.88 bits per heavy atom. The van der Waals surface area contributed by atoms with Gasteiger partial charge in [-0.25, -0.2) is 24.1 Å². The van der Waals surface area contributed by atoms with Crippen molar-refractivity contribution in [1.29, 1.82) is 0 Å². The molecule has 1 amide bonds. The lowest BCUT2D eigenvalue weighted by Gasteiger charge is -2.31. The molecule has 210 valence electrons. The third-order valence-corrected chi connectivity index (χ3v) is 6.34. The van der Waals surface area contributed by atoms with Crippen LogP contribution in [0.4, 0.5) is 29.6 Å². The molecule has 0 radical (unpaired) electrons. The number of carbonyl (C=O) groups excluding carboxylic acids is 1. The van der Waals surface area contributed by atoms with Crippen LogP contribution in [0.25, 0.3) is 16.9 Å². The van der Waals surface area contributed by atoms with Gasteiger partial charge in [0.15, 0.2) is 11.5 Å². The van der Waals surface area contributed by atoms with Crippen LogP contribution in [0, 0.1) is 0 Å². The quantitative estimate of drug-likeness (QED) is 0.375. The van der Waals surface area contributed by atoms with Crippen LogP contribution in [0.1, 0.15) is 44.5 Å². The molecular formula is C27H28F3N7O3. The number of hydrogen-bond acceptors (Lipinski definition) is 7. The van der Waals surface area contributed by atoms with Crippen LogP contribution in [0.15, 0.2) is 47.4 Å². The van der Waals surface area contributed by atoms with E-state index in [1.165, 1.54) is 27.7 Å². The molecule has 0 saturated heterocycles. The molecule has 0 unspecified atom stereocenters.